The fraction of sp³-hybridized carbons (Fsp3) is 0.545. The predicted octanol–water partition coefficient (Wildman–Crippen LogP) is 0.468. The third-order valence-electron chi connectivity index (χ3n) is 2.89. The summed E-state index contributed by atoms with van der Waals surface area (Å²) < 4.78 is 25.7. The highest BCUT2D eigenvalue weighted by atomic mass is 32.2. The van der Waals surface area contributed by atoms with E-state index in [1.54, 1.807) is 12.3 Å². The molecule has 0 atom stereocenters. The van der Waals surface area contributed by atoms with Crippen molar-refractivity contribution in [2.75, 3.05) is 13.6 Å². The summed E-state index contributed by atoms with van der Waals surface area (Å²) in [6, 6.07) is 0.529. The van der Waals surface area contributed by atoms with Crippen molar-refractivity contribution >= 4 is 10.0 Å². The van der Waals surface area contributed by atoms with E-state index in [0.717, 1.165) is 12.8 Å². The van der Waals surface area contributed by atoms with Crippen LogP contribution in [0.5, 0.6) is 0 Å². The van der Waals surface area contributed by atoms with Crippen LogP contribution in [0.15, 0.2) is 23.9 Å². The van der Waals surface area contributed by atoms with E-state index in [4.69, 9.17) is 0 Å². The zero-order valence-electron chi connectivity index (χ0n) is 10.4. The first-order valence-corrected chi connectivity index (χ1v) is 7.32. The summed E-state index contributed by atoms with van der Waals surface area (Å²) in [6.45, 7) is 4.34. The standard InChI is InChI=1S/C11H18N4O2S/c1-3-6-15(2)18(16,17)11-9(8-13-14-11)7-12-10-4-5-10/h3,8,10,12H,1,4-7H2,2H3,(H,13,14). The number of likely N-dealkylation sites (N-methyl/N-ethyl adjacent to an activating group) is 1. The van der Waals surface area contributed by atoms with Crippen molar-refractivity contribution in [3.63, 3.8) is 0 Å². The molecule has 6 nitrogen and oxygen atoms in total. The van der Waals surface area contributed by atoms with Crippen molar-refractivity contribution in [2.45, 2.75) is 30.5 Å². The molecule has 2 rings (SSSR count). The first kappa shape index (κ1) is 13.3. The smallest absolute Gasteiger partial charge is 0.260 e. The molecule has 1 aromatic rings. The lowest BCUT2D eigenvalue weighted by Crippen LogP contribution is -2.28. The molecular weight excluding hydrogens is 252 g/mol. The van der Waals surface area contributed by atoms with Crippen LogP contribution >= 0.6 is 0 Å². The van der Waals surface area contributed by atoms with Crippen molar-refractivity contribution in [2.24, 2.45) is 0 Å². The second-order valence-electron chi connectivity index (χ2n) is 4.45. The van der Waals surface area contributed by atoms with E-state index >= 15 is 0 Å². The Kier molecular flexibility index (Phi) is 3.84. The molecule has 1 saturated carbocycles. The molecule has 0 saturated heterocycles. The molecule has 7 heteroatoms. The lowest BCUT2D eigenvalue weighted by molar-refractivity contribution is 0.493. The number of nitrogens with zero attached hydrogens (tertiary/aromatic N) is 2. The Morgan fingerprint density at radius 3 is 3.00 bits per heavy atom. The molecule has 0 radical (unpaired) electrons. The van der Waals surface area contributed by atoms with Crippen molar-refractivity contribution in [1.82, 2.24) is 19.8 Å². The van der Waals surface area contributed by atoms with E-state index in [2.05, 4.69) is 22.1 Å². The number of sulfonamides is 1. The second kappa shape index (κ2) is 5.21. The predicted molar refractivity (Wildman–Crippen MR) is 68.5 cm³/mol. The van der Waals surface area contributed by atoms with Gasteiger partial charge in [0.1, 0.15) is 0 Å². The largest absolute Gasteiger partial charge is 0.310 e. The van der Waals surface area contributed by atoms with Crippen molar-refractivity contribution < 1.29 is 8.42 Å². The van der Waals surface area contributed by atoms with Gasteiger partial charge in [-0.05, 0) is 12.8 Å². The van der Waals surface area contributed by atoms with Gasteiger partial charge in [0.15, 0.2) is 5.03 Å². The summed E-state index contributed by atoms with van der Waals surface area (Å²) in [4.78, 5) is 0. The SMILES string of the molecule is C=CCN(C)S(=O)(=O)c1[nH]ncc1CNC1CC1. The number of hydrogen-bond acceptors (Lipinski definition) is 4. The first-order chi connectivity index (χ1) is 8.55. The highest BCUT2D eigenvalue weighted by Gasteiger charge is 2.26. The lowest BCUT2D eigenvalue weighted by Gasteiger charge is -2.14. The minimum atomic E-state index is -3.51. The third kappa shape index (κ3) is 2.80. The van der Waals surface area contributed by atoms with Crippen LogP contribution in [-0.2, 0) is 16.6 Å². The Balaban J connectivity index is 2.15. The van der Waals surface area contributed by atoms with Gasteiger partial charge < -0.3 is 5.32 Å². The molecule has 1 aromatic heterocycles. The van der Waals surface area contributed by atoms with Crippen LogP contribution in [-0.4, -0.2) is 42.6 Å². The highest BCUT2D eigenvalue weighted by Crippen LogP contribution is 2.21. The molecule has 18 heavy (non-hydrogen) atoms. The van der Waals surface area contributed by atoms with Gasteiger partial charge in [-0.2, -0.15) is 9.40 Å². The van der Waals surface area contributed by atoms with E-state index in [1.807, 2.05) is 0 Å². The topological polar surface area (TPSA) is 78.1 Å². The van der Waals surface area contributed by atoms with Gasteiger partial charge in [-0.25, -0.2) is 8.42 Å². The molecule has 0 unspecified atom stereocenters. The molecule has 0 spiro atoms. The first-order valence-electron chi connectivity index (χ1n) is 5.88. The Bertz CT molecular complexity index is 519. The van der Waals surface area contributed by atoms with Crippen LogP contribution in [0.4, 0.5) is 0 Å². The minimum absolute atomic E-state index is 0.167. The van der Waals surface area contributed by atoms with Crippen LogP contribution in [0.1, 0.15) is 18.4 Å². The molecule has 2 N–H and O–H groups in total. The van der Waals surface area contributed by atoms with E-state index < -0.39 is 10.0 Å². The summed E-state index contributed by atoms with van der Waals surface area (Å²) in [5.41, 5.74) is 0.679. The van der Waals surface area contributed by atoms with Gasteiger partial charge in [-0.15, -0.1) is 6.58 Å². The van der Waals surface area contributed by atoms with Gasteiger partial charge in [0.25, 0.3) is 10.0 Å². The summed E-state index contributed by atoms with van der Waals surface area (Å²) >= 11 is 0. The van der Waals surface area contributed by atoms with E-state index in [-0.39, 0.29) is 11.6 Å². The molecule has 0 aromatic carbocycles. The van der Waals surface area contributed by atoms with Crippen LogP contribution in [0.2, 0.25) is 0 Å². The van der Waals surface area contributed by atoms with E-state index in [1.165, 1.54) is 11.4 Å². The number of rotatable bonds is 7. The maximum Gasteiger partial charge on any atom is 0.260 e. The molecule has 1 aliphatic carbocycles. The Hall–Kier alpha value is -1.18. The van der Waals surface area contributed by atoms with Crippen LogP contribution < -0.4 is 5.32 Å². The third-order valence-corrected chi connectivity index (χ3v) is 4.73. The van der Waals surface area contributed by atoms with Gasteiger partial charge in [0.05, 0.1) is 6.20 Å². The molecule has 0 amide bonds. The Morgan fingerprint density at radius 2 is 2.39 bits per heavy atom. The van der Waals surface area contributed by atoms with E-state index in [9.17, 15) is 8.42 Å². The average molecular weight is 270 g/mol. The maximum atomic E-state index is 12.2. The van der Waals surface area contributed by atoms with Crippen LogP contribution in [0, 0.1) is 0 Å². The fourth-order valence-corrected chi connectivity index (χ4v) is 2.86. The van der Waals surface area contributed by atoms with Crippen molar-refractivity contribution in [3.8, 4) is 0 Å². The van der Waals surface area contributed by atoms with Gasteiger partial charge in [0, 0.05) is 31.7 Å². The van der Waals surface area contributed by atoms with Crippen LogP contribution in [0.3, 0.4) is 0 Å². The number of aromatic nitrogens is 2. The van der Waals surface area contributed by atoms with Gasteiger partial charge >= 0.3 is 0 Å². The molecule has 1 fully saturated rings. The normalized spacial score (nSPS) is 16.1. The maximum absolute atomic E-state index is 12.2. The molecule has 1 aliphatic rings. The molecule has 100 valence electrons. The summed E-state index contributed by atoms with van der Waals surface area (Å²) in [5.74, 6) is 0. The van der Waals surface area contributed by atoms with Gasteiger partial charge in [-0.3, -0.25) is 5.10 Å². The molecule has 1 heterocycles. The summed E-state index contributed by atoms with van der Waals surface area (Å²) in [5, 5.41) is 9.85. The van der Waals surface area contributed by atoms with Crippen molar-refractivity contribution in [1.29, 1.82) is 0 Å². The number of H-pyrrole nitrogens is 1. The Morgan fingerprint density at radius 1 is 1.67 bits per heavy atom. The number of aromatic amines is 1. The summed E-state index contributed by atoms with van der Waals surface area (Å²) in [6.07, 6.45) is 5.44. The van der Waals surface area contributed by atoms with Crippen LogP contribution in [0.25, 0.3) is 0 Å². The monoisotopic (exact) mass is 270 g/mol. The average Bonchev–Trinajstić information content (AvgIpc) is 3.03. The summed E-state index contributed by atoms with van der Waals surface area (Å²) in [7, 11) is -1.99. The highest BCUT2D eigenvalue weighted by molar-refractivity contribution is 7.89. The quantitative estimate of drug-likeness (QED) is 0.706. The fourth-order valence-electron chi connectivity index (χ4n) is 1.63. The number of hydrogen-bond donors (Lipinski definition) is 2. The zero-order valence-corrected chi connectivity index (χ0v) is 11.2. The van der Waals surface area contributed by atoms with Crippen molar-refractivity contribution in [3.05, 3.63) is 24.4 Å². The molecule has 0 bridgehead atoms. The lowest BCUT2D eigenvalue weighted by atomic mass is 10.3. The number of nitrogens with one attached hydrogen (secondary N) is 2. The second-order valence-corrected chi connectivity index (χ2v) is 6.44. The minimum Gasteiger partial charge on any atom is -0.310 e. The van der Waals surface area contributed by atoms with Gasteiger partial charge in [0.2, 0.25) is 0 Å². The molecular formula is C11H18N4O2S. The molecule has 0 aliphatic heterocycles. The van der Waals surface area contributed by atoms with Gasteiger partial charge in [-0.1, -0.05) is 6.08 Å². The Labute approximate surface area is 107 Å². The van der Waals surface area contributed by atoms with E-state index in [0.29, 0.717) is 18.2 Å². The zero-order chi connectivity index (χ0) is 13.2.